The van der Waals surface area contributed by atoms with Gasteiger partial charge in [0.1, 0.15) is 5.76 Å². The Morgan fingerprint density at radius 3 is 2.57 bits per heavy atom. The highest BCUT2D eigenvalue weighted by molar-refractivity contribution is 6.13. The number of furan rings is 1. The Labute approximate surface area is 121 Å². The Hall–Kier alpha value is -2.56. The first-order chi connectivity index (χ1) is 10.1. The van der Waals surface area contributed by atoms with E-state index < -0.39 is 0 Å². The molecule has 0 saturated carbocycles. The summed E-state index contributed by atoms with van der Waals surface area (Å²) in [5.74, 6) is 1.41. The van der Waals surface area contributed by atoms with Gasteiger partial charge in [0.15, 0.2) is 28.8 Å². The van der Waals surface area contributed by atoms with Crippen molar-refractivity contribution in [3.05, 3.63) is 46.4 Å². The van der Waals surface area contributed by atoms with Crippen molar-refractivity contribution in [1.29, 1.82) is 0 Å². The van der Waals surface area contributed by atoms with E-state index in [0.29, 0.717) is 34.8 Å². The number of hydrogen-bond donors (Lipinski definition) is 0. The van der Waals surface area contributed by atoms with Gasteiger partial charge in [-0.2, -0.15) is 0 Å². The predicted octanol–water partition coefficient (Wildman–Crippen LogP) is 2.63. The standard InChI is InChI=1S/C16H14O5/c1-8(17)13-7-11-14(21-13)6-10-9(15(11)18)4-5-12(19-2)16(10)20-3/h4-5,7H,6H2,1-3H3. The van der Waals surface area contributed by atoms with Gasteiger partial charge in [0.25, 0.3) is 0 Å². The molecule has 0 fully saturated rings. The maximum Gasteiger partial charge on any atom is 0.197 e. The Morgan fingerprint density at radius 2 is 1.95 bits per heavy atom. The van der Waals surface area contributed by atoms with E-state index in [1.165, 1.54) is 20.1 Å². The van der Waals surface area contributed by atoms with Gasteiger partial charge in [-0.1, -0.05) is 0 Å². The minimum absolute atomic E-state index is 0.163. The second kappa shape index (κ2) is 4.77. The molecule has 0 N–H and O–H groups in total. The van der Waals surface area contributed by atoms with E-state index >= 15 is 0 Å². The number of ketones is 2. The van der Waals surface area contributed by atoms with Crippen LogP contribution in [0.5, 0.6) is 11.5 Å². The predicted molar refractivity (Wildman–Crippen MR) is 74.5 cm³/mol. The molecule has 0 radical (unpaired) electrons. The van der Waals surface area contributed by atoms with Crippen LogP contribution >= 0.6 is 0 Å². The maximum absolute atomic E-state index is 12.5. The van der Waals surface area contributed by atoms with E-state index in [1.54, 1.807) is 19.2 Å². The van der Waals surface area contributed by atoms with Gasteiger partial charge in [-0.15, -0.1) is 0 Å². The zero-order chi connectivity index (χ0) is 15.1. The van der Waals surface area contributed by atoms with Gasteiger partial charge in [-0.05, 0) is 18.2 Å². The number of carbonyl (C=O) groups is 2. The molecule has 5 nitrogen and oxygen atoms in total. The fourth-order valence-corrected chi connectivity index (χ4v) is 2.61. The highest BCUT2D eigenvalue weighted by Gasteiger charge is 2.31. The minimum atomic E-state index is -0.203. The molecule has 0 aliphatic heterocycles. The number of carbonyl (C=O) groups excluding carboxylic acids is 2. The summed E-state index contributed by atoms with van der Waals surface area (Å²) in [5.41, 5.74) is 1.72. The Morgan fingerprint density at radius 1 is 1.19 bits per heavy atom. The minimum Gasteiger partial charge on any atom is -0.493 e. The van der Waals surface area contributed by atoms with Crippen LogP contribution < -0.4 is 9.47 Å². The number of ether oxygens (including phenoxy) is 2. The van der Waals surface area contributed by atoms with Gasteiger partial charge in [-0.3, -0.25) is 9.59 Å². The molecule has 0 bridgehead atoms. The molecule has 1 aliphatic rings. The summed E-state index contributed by atoms with van der Waals surface area (Å²) in [6, 6.07) is 4.93. The van der Waals surface area contributed by atoms with Crippen molar-refractivity contribution in [2.24, 2.45) is 0 Å². The third-order valence-corrected chi connectivity index (χ3v) is 3.63. The van der Waals surface area contributed by atoms with E-state index in [-0.39, 0.29) is 17.3 Å². The third kappa shape index (κ3) is 1.93. The molecule has 1 aromatic carbocycles. The molecule has 0 saturated heterocycles. The molecular formula is C16H14O5. The molecule has 108 valence electrons. The molecule has 3 rings (SSSR count). The zero-order valence-corrected chi connectivity index (χ0v) is 12.0. The van der Waals surface area contributed by atoms with Gasteiger partial charge in [0.2, 0.25) is 0 Å². The fraction of sp³-hybridized carbons (Fsp3) is 0.250. The van der Waals surface area contributed by atoms with E-state index in [4.69, 9.17) is 13.9 Å². The molecule has 1 aromatic heterocycles. The summed E-state index contributed by atoms with van der Waals surface area (Å²) in [6.45, 7) is 1.41. The van der Waals surface area contributed by atoms with E-state index in [0.717, 1.165) is 5.56 Å². The van der Waals surface area contributed by atoms with Crippen LogP contribution in [-0.2, 0) is 6.42 Å². The topological polar surface area (TPSA) is 65.7 Å². The second-order valence-corrected chi connectivity index (χ2v) is 4.84. The van der Waals surface area contributed by atoms with E-state index in [1.807, 2.05) is 0 Å². The summed E-state index contributed by atoms with van der Waals surface area (Å²) >= 11 is 0. The van der Waals surface area contributed by atoms with Crippen molar-refractivity contribution in [3.8, 4) is 11.5 Å². The molecule has 5 heteroatoms. The van der Waals surface area contributed by atoms with Crippen molar-refractivity contribution in [3.63, 3.8) is 0 Å². The van der Waals surface area contributed by atoms with Gasteiger partial charge >= 0.3 is 0 Å². The van der Waals surface area contributed by atoms with Gasteiger partial charge in [0, 0.05) is 24.5 Å². The van der Waals surface area contributed by atoms with Gasteiger partial charge in [-0.25, -0.2) is 0 Å². The molecule has 1 aliphatic carbocycles. The van der Waals surface area contributed by atoms with Crippen molar-refractivity contribution in [2.75, 3.05) is 14.2 Å². The van der Waals surface area contributed by atoms with Crippen molar-refractivity contribution < 1.29 is 23.5 Å². The number of benzene rings is 1. The summed E-state index contributed by atoms with van der Waals surface area (Å²) in [7, 11) is 3.07. The van der Waals surface area contributed by atoms with Crippen molar-refractivity contribution in [2.45, 2.75) is 13.3 Å². The molecule has 0 unspecified atom stereocenters. The Balaban J connectivity index is 2.18. The van der Waals surface area contributed by atoms with Crippen LogP contribution in [0.2, 0.25) is 0 Å². The molecule has 0 spiro atoms. The van der Waals surface area contributed by atoms with Crippen LogP contribution in [0.15, 0.2) is 22.6 Å². The van der Waals surface area contributed by atoms with Crippen LogP contribution in [-0.4, -0.2) is 25.8 Å². The van der Waals surface area contributed by atoms with Crippen LogP contribution in [0.3, 0.4) is 0 Å². The average molecular weight is 286 g/mol. The second-order valence-electron chi connectivity index (χ2n) is 4.84. The molecule has 0 atom stereocenters. The number of methoxy groups -OCH3 is 2. The maximum atomic E-state index is 12.5. The smallest absolute Gasteiger partial charge is 0.197 e. The highest BCUT2D eigenvalue weighted by Crippen LogP contribution is 2.39. The van der Waals surface area contributed by atoms with Gasteiger partial charge in [0.05, 0.1) is 19.8 Å². The lowest BCUT2D eigenvalue weighted by Crippen LogP contribution is -2.14. The summed E-state index contributed by atoms with van der Waals surface area (Å²) in [4.78, 5) is 24.0. The molecule has 1 heterocycles. The quantitative estimate of drug-likeness (QED) is 0.692. The molecular weight excluding hydrogens is 272 g/mol. The monoisotopic (exact) mass is 286 g/mol. The van der Waals surface area contributed by atoms with Crippen LogP contribution in [0.1, 0.15) is 44.7 Å². The summed E-state index contributed by atoms with van der Waals surface area (Å²) in [5, 5.41) is 0. The van der Waals surface area contributed by atoms with Crippen molar-refractivity contribution in [1.82, 2.24) is 0 Å². The average Bonchev–Trinajstić information content (AvgIpc) is 2.90. The first-order valence-corrected chi connectivity index (χ1v) is 6.49. The lowest BCUT2D eigenvalue weighted by molar-refractivity contribution is 0.0983. The fourth-order valence-electron chi connectivity index (χ4n) is 2.61. The zero-order valence-electron chi connectivity index (χ0n) is 12.0. The molecule has 2 aromatic rings. The largest absolute Gasteiger partial charge is 0.493 e. The first kappa shape index (κ1) is 13.4. The van der Waals surface area contributed by atoms with Gasteiger partial charge < -0.3 is 13.9 Å². The third-order valence-electron chi connectivity index (χ3n) is 3.63. The highest BCUT2D eigenvalue weighted by atomic mass is 16.5. The lowest BCUT2D eigenvalue weighted by atomic mass is 9.88. The SMILES string of the molecule is COc1ccc2c(c1OC)Cc1oc(C(C)=O)cc1C2=O. The van der Waals surface area contributed by atoms with Crippen LogP contribution in [0.25, 0.3) is 0 Å². The number of fused-ring (bicyclic) bond motifs is 2. The van der Waals surface area contributed by atoms with E-state index in [9.17, 15) is 9.59 Å². The van der Waals surface area contributed by atoms with Crippen molar-refractivity contribution >= 4 is 11.6 Å². The molecule has 0 amide bonds. The molecule has 21 heavy (non-hydrogen) atoms. The number of rotatable bonds is 3. The van der Waals surface area contributed by atoms with E-state index in [2.05, 4.69) is 0 Å². The number of Topliss-reactive ketones (excluding diaryl/α,β-unsaturated/α-hetero) is 1. The Bertz CT molecular complexity index is 754. The van der Waals surface area contributed by atoms with Crippen LogP contribution in [0, 0.1) is 0 Å². The first-order valence-electron chi connectivity index (χ1n) is 6.49. The summed E-state index contributed by atoms with van der Waals surface area (Å²) < 4.78 is 16.1. The lowest BCUT2D eigenvalue weighted by Gasteiger charge is -2.19. The van der Waals surface area contributed by atoms with Crippen LogP contribution in [0.4, 0.5) is 0 Å². The summed E-state index contributed by atoms with van der Waals surface area (Å²) in [6.07, 6.45) is 0.393. The normalized spacial score (nSPS) is 12.6. The Kier molecular flexibility index (Phi) is 3.05. The number of hydrogen-bond acceptors (Lipinski definition) is 5.